The molecule has 1 unspecified atom stereocenters. The Bertz CT molecular complexity index is 223. The van der Waals surface area contributed by atoms with Crippen molar-refractivity contribution in [2.45, 2.75) is 38.7 Å². The Morgan fingerprint density at radius 2 is 2.20 bits per heavy atom. The highest BCUT2D eigenvalue weighted by molar-refractivity contribution is 5.88. The molecule has 4 heteroatoms. The minimum atomic E-state index is -0.865. The van der Waals surface area contributed by atoms with Crippen LogP contribution < -0.4 is 0 Å². The van der Waals surface area contributed by atoms with Gasteiger partial charge in [0.2, 0.25) is 0 Å². The molecule has 0 fully saturated rings. The number of unbranched alkanes of at least 4 members (excludes halogenated alkanes) is 2. The van der Waals surface area contributed by atoms with Crippen LogP contribution in [-0.2, 0) is 14.3 Å². The van der Waals surface area contributed by atoms with Crippen molar-refractivity contribution in [3.63, 3.8) is 0 Å². The van der Waals surface area contributed by atoms with E-state index in [0.717, 1.165) is 12.7 Å². The molecule has 0 aliphatic rings. The molecular weight excluding hydrogens is 196 g/mol. The van der Waals surface area contributed by atoms with Gasteiger partial charge in [-0.1, -0.05) is 13.0 Å². The van der Waals surface area contributed by atoms with Gasteiger partial charge in [0.05, 0.1) is 18.3 Å². The standard InChI is InChI=1S/C11H18O4/c1-3-15-11(14)9(2)10(13)7-5-4-6-8-12/h8,10,13H,2-7H2,1H3. The molecular formula is C11H18O4. The van der Waals surface area contributed by atoms with Gasteiger partial charge in [-0.3, -0.25) is 0 Å². The lowest BCUT2D eigenvalue weighted by atomic mass is 10.0. The largest absolute Gasteiger partial charge is 0.463 e. The van der Waals surface area contributed by atoms with Crippen molar-refractivity contribution in [1.82, 2.24) is 0 Å². The van der Waals surface area contributed by atoms with Gasteiger partial charge in [-0.2, -0.15) is 0 Å². The summed E-state index contributed by atoms with van der Waals surface area (Å²) >= 11 is 0. The maximum Gasteiger partial charge on any atom is 0.336 e. The minimum absolute atomic E-state index is 0.0861. The molecule has 0 bridgehead atoms. The van der Waals surface area contributed by atoms with Gasteiger partial charge < -0.3 is 14.6 Å². The molecule has 15 heavy (non-hydrogen) atoms. The van der Waals surface area contributed by atoms with Crippen molar-refractivity contribution in [2.24, 2.45) is 0 Å². The Labute approximate surface area is 89.9 Å². The summed E-state index contributed by atoms with van der Waals surface area (Å²) in [7, 11) is 0. The molecule has 86 valence electrons. The molecule has 0 saturated heterocycles. The Balaban J connectivity index is 3.78. The number of hydrogen-bond acceptors (Lipinski definition) is 4. The minimum Gasteiger partial charge on any atom is -0.463 e. The first kappa shape index (κ1) is 13.8. The van der Waals surface area contributed by atoms with Crippen LogP contribution in [0.4, 0.5) is 0 Å². The average molecular weight is 214 g/mol. The van der Waals surface area contributed by atoms with Crippen LogP contribution in [-0.4, -0.2) is 30.1 Å². The van der Waals surface area contributed by atoms with E-state index >= 15 is 0 Å². The van der Waals surface area contributed by atoms with Gasteiger partial charge in [-0.05, 0) is 19.8 Å². The summed E-state index contributed by atoms with van der Waals surface area (Å²) in [6.07, 6.45) is 2.31. The summed E-state index contributed by atoms with van der Waals surface area (Å²) in [5, 5.41) is 9.53. The highest BCUT2D eigenvalue weighted by Crippen LogP contribution is 2.10. The van der Waals surface area contributed by atoms with E-state index in [2.05, 4.69) is 6.58 Å². The van der Waals surface area contributed by atoms with E-state index in [0.29, 0.717) is 19.3 Å². The molecule has 0 aliphatic heterocycles. The van der Waals surface area contributed by atoms with Gasteiger partial charge in [0.15, 0.2) is 0 Å². The zero-order valence-electron chi connectivity index (χ0n) is 9.07. The zero-order chi connectivity index (χ0) is 11.7. The first-order valence-corrected chi connectivity index (χ1v) is 5.11. The zero-order valence-corrected chi connectivity index (χ0v) is 9.07. The number of carbonyl (C=O) groups excluding carboxylic acids is 2. The Morgan fingerprint density at radius 3 is 2.73 bits per heavy atom. The highest BCUT2D eigenvalue weighted by Gasteiger charge is 2.16. The number of ether oxygens (including phenoxy) is 1. The first-order chi connectivity index (χ1) is 7.13. The topological polar surface area (TPSA) is 63.6 Å². The molecule has 0 saturated carbocycles. The van der Waals surface area contributed by atoms with E-state index in [1.165, 1.54) is 0 Å². The lowest BCUT2D eigenvalue weighted by Gasteiger charge is -2.11. The molecule has 0 aromatic heterocycles. The number of aldehydes is 1. The summed E-state index contributed by atoms with van der Waals surface area (Å²) < 4.78 is 4.70. The first-order valence-electron chi connectivity index (χ1n) is 5.11. The lowest BCUT2D eigenvalue weighted by molar-refractivity contribution is -0.139. The SMILES string of the molecule is C=C(C(=O)OCC)C(O)CCCCC=O. The molecule has 1 N–H and O–H groups in total. The molecule has 4 nitrogen and oxygen atoms in total. The number of hydrogen-bond donors (Lipinski definition) is 1. The van der Waals surface area contributed by atoms with E-state index in [1.54, 1.807) is 6.92 Å². The second-order valence-corrected chi connectivity index (χ2v) is 3.21. The van der Waals surface area contributed by atoms with E-state index < -0.39 is 12.1 Å². The van der Waals surface area contributed by atoms with Gasteiger partial charge in [-0.15, -0.1) is 0 Å². The Morgan fingerprint density at radius 1 is 1.53 bits per heavy atom. The van der Waals surface area contributed by atoms with Crippen molar-refractivity contribution in [1.29, 1.82) is 0 Å². The van der Waals surface area contributed by atoms with Crippen molar-refractivity contribution in [3.05, 3.63) is 12.2 Å². The lowest BCUT2D eigenvalue weighted by Crippen LogP contribution is -2.19. The number of rotatable bonds is 8. The third kappa shape index (κ3) is 6.01. The Kier molecular flexibility index (Phi) is 7.54. The van der Waals surface area contributed by atoms with Crippen molar-refractivity contribution < 1.29 is 19.4 Å². The molecule has 0 aromatic rings. The van der Waals surface area contributed by atoms with E-state index in [-0.39, 0.29) is 12.2 Å². The molecule has 0 amide bonds. The maximum absolute atomic E-state index is 11.1. The molecule has 1 atom stereocenters. The fraction of sp³-hybridized carbons (Fsp3) is 0.636. The monoisotopic (exact) mass is 214 g/mol. The van der Waals surface area contributed by atoms with Gasteiger partial charge in [0, 0.05) is 6.42 Å². The molecule has 0 spiro atoms. The Hall–Kier alpha value is -1.16. The van der Waals surface area contributed by atoms with Gasteiger partial charge in [0.25, 0.3) is 0 Å². The quantitative estimate of drug-likeness (QED) is 0.285. The van der Waals surface area contributed by atoms with Gasteiger partial charge in [0.1, 0.15) is 6.29 Å². The fourth-order valence-electron chi connectivity index (χ4n) is 1.10. The molecule has 0 aliphatic carbocycles. The maximum atomic E-state index is 11.1. The van der Waals surface area contributed by atoms with Crippen LogP contribution in [0.5, 0.6) is 0 Å². The van der Waals surface area contributed by atoms with Crippen LogP contribution in [0.2, 0.25) is 0 Å². The second-order valence-electron chi connectivity index (χ2n) is 3.21. The highest BCUT2D eigenvalue weighted by atomic mass is 16.5. The predicted molar refractivity (Wildman–Crippen MR) is 56.3 cm³/mol. The van der Waals surface area contributed by atoms with Crippen LogP contribution in [0, 0.1) is 0 Å². The summed E-state index contributed by atoms with van der Waals surface area (Å²) in [5.74, 6) is -0.555. The van der Waals surface area contributed by atoms with Crippen molar-refractivity contribution >= 4 is 12.3 Å². The van der Waals surface area contributed by atoms with Gasteiger partial charge >= 0.3 is 5.97 Å². The smallest absolute Gasteiger partial charge is 0.336 e. The van der Waals surface area contributed by atoms with Crippen LogP contribution in [0.3, 0.4) is 0 Å². The summed E-state index contributed by atoms with van der Waals surface area (Å²) in [4.78, 5) is 21.2. The van der Waals surface area contributed by atoms with Crippen LogP contribution in [0.1, 0.15) is 32.6 Å². The molecule has 0 heterocycles. The fourth-order valence-corrected chi connectivity index (χ4v) is 1.10. The number of esters is 1. The normalized spacial score (nSPS) is 11.9. The average Bonchev–Trinajstić information content (AvgIpc) is 2.23. The predicted octanol–water partition coefficient (Wildman–Crippen LogP) is 1.23. The second kappa shape index (κ2) is 8.17. The van der Waals surface area contributed by atoms with Crippen molar-refractivity contribution in [2.75, 3.05) is 6.61 Å². The van der Waals surface area contributed by atoms with Crippen LogP contribution in [0.25, 0.3) is 0 Å². The summed E-state index contributed by atoms with van der Waals surface area (Å²) in [6, 6.07) is 0. The summed E-state index contributed by atoms with van der Waals surface area (Å²) in [6.45, 7) is 5.45. The number of aliphatic hydroxyl groups excluding tert-OH is 1. The van der Waals surface area contributed by atoms with Gasteiger partial charge in [-0.25, -0.2) is 4.79 Å². The third-order valence-electron chi connectivity index (χ3n) is 1.99. The number of aliphatic hydroxyl groups is 1. The number of carbonyl (C=O) groups is 2. The van der Waals surface area contributed by atoms with E-state index in [9.17, 15) is 14.7 Å². The van der Waals surface area contributed by atoms with E-state index in [4.69, 9.17) is 4.74 Å². The summed E-state index contributed by atoms with van der Waals surface area (Å²) in [5.41, 5.74) is 0.0861. The van der Waals surface area contributed by atoms with Crippen LogP contribution in [0.15, 0.2) is 12.2 Å². The molecule has 0 aromatic carbocycles. The van der Waals surface area contributed by atoms with Crippen LogP contribution >= 0.6 is 0 Å². The van der Waals surface area contributed by atoms with Crippen molar-refractivity contribution in [3.8, 4) is 0 Å². The third-order valence-corrected chi connectivity index (χ3v) is 1.99. The van der Waals surface area contributed by atoms with E-state index in [1.807, 2.05) is 0 Å². The molecule has 0 rings (SSSR count). The molecule has 0 radical (unpaired) electrons.